The molecule has 1 aliphatic heterocycles. The first-order valence-electron chi connectivity index (χ1n) is 12.5. The topological polar surface area (TPSA) is 85.7 Å². The quantitative estimate of drug-likeness (QED) is 0.394. The van der Waals surface area contributed by atoms with Gasteiger partial charge in [-0.1, -0.05) is 43.6 Å². The van der Waals surface area contributed by atoms with Crippen molar-refractivity contribution < 1.29 is 19.1 Å². The van der Waals surface area contributed by atoms with Crippen LogP contribution < -0.4 is 10.1 Å². The van der Waals surface area contributed by atoms with Crippen LogP contribution in [0.25, 0.3) is 16.9 Å². The number of benzene rings is 2. The van der Waals surface area contributed by atoms with Crippen molar-refractivity contribution in [2.75, 3.05) is 32.1 Å². The second-order valence-electron chi connectivity index (χ2n) is 9.58. The molecular weight excluding hydrogens is 492 g/mol. The number of hydrogen-bond donors (Lipinski definition) is 1. The fourth-order valence-electron chi connectivity index (χ4n) is 4.29. The van der Waals surface area contributed by atoms with Crippen molar-refractivity contribution >= 4 is 29.4 Å². The van der Waals surface area contributed by atoms with Gasteiger partial charge in [0, 0.05) is 42.4 Å². The number of anilines is 1. The average molecular weight is 525 g/mol. The molecule has 8 nitrogen and oxygen atoms in total. The van der Waals surface area contributed by atoms with E-state index in [1.54, 1.807) is 28.7 Å². The second kappa shape index (κ2) is 12.3. The summed E-state index contributed by atoms with van der Waals surface area (Å²) in [4.78, 5) is 32.5. The summed E-state index contributed by atoms with van der Waals surface area (Å²) in [7, 11) is 1.60. The molecule has 37 heavy (non-hydrogen) atoms. The van der Waals surface area contributed by atoms with E-state index < -0.39 is 0 Å². The van der Waals surface area contributed by atoms with Crippen molar-refractivity contribution in [3.05, 3.63) is 59.8 Å². The number of nitrogens with zero attached hydrogens (tertiary/aromatic N) is 3. The maximum absolute atomic E-state index is 13.2. The summed E-state index contributed by atoms with van der Waals surface area (Å²) >= 11 is 6.06. The lowest BCUT2D eigenvalue weighted by molar-refractivity contribution is -0.136. The Morgan fingerprint density at radius 2 is 2.03 bits per heavy atom. The van der Waals surface area contributed by atoms with E-state index in [9.17, 15) is 9.59 Å². The predicted molar refractivity (Wildman–Crippen MR) is 144 cm³/mol. The van der Waals surface area contributed by atoms with E-state index in [2.05, 4.69) is 5.32 Å². The van der Waals surface area contributed by atoms with Crippen molar-refractivity contribution in [3.8, 4) is 22.7 Å². The highest BCUT2D eigenvalue weighted by molar-refractivity contribution is 6.30. The minimum Gasteiger partial charge on any atom is -0.497 e. The van der Waals surface area contributed by atoms with Gasteiger partial charge in [-0.15, -0.1) is 0 Å². The van der Waals surface area contributed by atoms with Gasteiger partial charge in [-0.05, 0) is 43.0 Å². The molecule has 0 aliphatic carbocycles. The van der Waals surface area contributed by atoms with Crippen LogP contribution in [0.4, 0.5) is 5.95 Å². The summed E-state index contributed by atoms with van der Waals surface area (Å²) in [5.74, 6) is 0.831. The van der Waals surface area contributed by atoms with Crippen LogP contribution in [0.3, 0.4) is 0 Å². The average Bonchev–Trinajstić information content (AvgIpc) is 3.54. The molecular formula is C28H33ClN4O4. The van der Waals surface area contributed by atoms with Gasteiger partial charge in [0.15, 0.2) is 0 Å². The number of hydrogen-bond acceptors (Lipinski definition) is 5. The molecule has 3 aromatic rings. The first kappa shape index (κ1) is 26.7. The number of methoxy groups -OCH3 is 1. The minimum absolute atomic E-state index is 0.0424. The molecule has 1 N–H and O–H groups in total. The van der Waals surface area contributed by atoms with Gasteiger partial charge in [0.25, 0.3) is 0 Å². The van der Waals surface area contributed by atoms with Crippen LogP contribution in [0.2, 0.25) is 5.02 Å². The van der Waals surface area contributed by atoms with Gasteiger partial charge in [-0.25, -0.2) is 4.98 Å². The Hall–Kier alpha value is -3.36. The number of amides is 2. The number of imidazole rings is 1. The fourth-order valence-corrected chi connectivity index (χ4v) is 4.42. The van der Waals surface area contributed by atoms with Crippen molar-refractivity contribution in [2.24, 2.45) is 5.92 Å². The van der Waals surface area contributed by atoms with Crippen LogP contribution in [0.5, 0.6) is 5.75 Å². The van der Waals surface area contributed by atoms with Crippen LogP contribution in [0, 0.1) is 5.92 Å². The monoisotopic (exact) mass is 524 g/mol. The van der Waals surface area contributed by atoms with Gasteiger partial charge in [0.2, 0.25) is 17.8 Å². The van der Waals surface area contributed by atoms with E-state index in [1.165, 1.54) is 0 Å². The summed E-state index contributed by atoms with van der Waals surface area (Å²) < 4.78 is 12.9. The van der Waals surface area contributed by atoms with E-state index in [0.717, 1.165) is 24.1 Å². The van der Waals surface area contributed by atoms with Crippen molar-refractivity contribution in [3.63, 3.8) is 0 Å². The second-order valence-corrected chi connectivity index (χ2v) is 10.0. The zero-order valence-corrected chi connectivity index (χ0v) is 22.2. The van der Waals surface area contributed by atoms with E-state index in [4.69, 9.17) is 26.1 Å². The largest absolute Gasteiger partial charge is 0.497 e. The van der Waals surface area contributed by atoms with Gasteiger partial charge in [0.1, 0.15) is 12.3 Å². The first-order valence-corrected chi connectivity index (χ1v) is 12.9. The van der Waals surface area contributed by atoms with Crippen LogP contribution in [0.1, 0.15) is 33.1 Å². The third-order valence-electron chi connectivity index (χ3n) is 6.15. The highest BCUT2D eigenvalue weighted by Crippen LogP contribution is 2.27. The molecule has 9 heteroatoms. The molecule has 2 amide bonds. The molecule has 1 aliphatic rings. The molecule has 2 aromatic carbocycles. The Morgan fingerprint density at radius 1 is 1.24 bits per heavy atom. The summed E-state index contributed by atoms with van der Waals surface area (Å²) in [6.45, 7) is 5.00. The van der Waals surface area contributed by atoms with Crippen molar-refractivity contribution in [1.29, 1.82) is 0 Å². The van der Waals surface area contributed by atoms with Gasteiger partial charge < -0.3 is 14.4 Å². The Morgan fingerprint density at radius 3 is 2.70 bits per heavy atom. The van der Waals surface area contributed by atoms with Gasteiger partial charge in [-0.2, -0.15) is 0 Å². The highest BCUT2D eigenvalue weighted by Gasteiger charge is 2.25. The van der Waals surface area contributed by atoms with Crippen LogP contribution >= 0.6 is 11.6 Å². The van der Waals surface area contributed by atoms with E-state index in [1.807, 2.05) is 56.4 Å². The smallest absolute Gasteiger partial charge is 0.246 e. The number of carbonyl (C=O) groups is 2. The third kappa shape index (κ3) is 7.11. The minimum atomic E-state index is -0.326. The lowest BCUT2D eigenvalue weighted by Gasteiger charge is -2.25. The molecule has 1 fully saturated rings. The van der Waals surface area contributed by atoms with E-state index in [0.29, 0.717) is 42.0 Å². The molecule has 0 saturated carbocycles. The van der Waals surface area contributed by atoms with Crippen molar-refractivity contribution in [1.82, 2.24) is 14.5 Å². The first-order chi connectivity index (χ1) is 17.8. The standard InChI is InChI=1S/C28H33ClN4O4/c1-19(2)14-27(35)32(16-24-8-5-13-37-24)18-26(34)31-28-30-25(20-9-11-21(29)12-10-20)17-33(28)22-6-4-7-23(15-22)36-3/h4,6-7,9-12,15,17,19,24H,5,8,13-14,16,18H2,1-3H3,(H,30,31,34)/t24-/m0/s1. The summed E-state index contributed by atoms with van der Waals surface area (Å²) in [6, 6.07) is 14.8. The molecule has 196 valence electrons. The molecule has 1 aromatic heterocycles. The molecule has 1 saturated heterocycles. The van der Waals surface area contributed by atoms with Crippen LogP contribution in [-0.2, 0) is 14.3 Å². The highest BCUT2D eigenvalue weighted by atomic mass is 35.5. The van der Waals surface area contributed by atoms with Crippen LogP contribution in [0.15, 0.2) is 54.7 Å². The van der Waals surface area contributed by atoms with Gasteiger partial charge >= 0.3 is 0 Å². The maximum atomic E-state index is 13.2. The third-order valence-corrected chi connectivity index (χ3v) is 6.40. The SMILES string of the molecule is COc1cccc(-n2cc(-c3ccc(Cl)cc3)nc2NC(=O)CN(C[C@@H]2CCCO2)C(=O)CC(C)C)c1. The zero-order chi connectivity index (χ0) is 26.4. The normalized spacial score (nSPS) is 15.1. The predicted octanol–water partition coefficient (Wildman–Crippen LogP) is 5.19. The molecule has 0 spiro atoms. The van der Waals surface area contributed by atoms with Crippen molar-refractivity contribution in [2.45, 2.75) is 39.2 Å². The summed E-state index contributed by atoms with van der Waals surface area (Å²) in [5, 5.41) is 3.55. The Bertz CT molecular complexity index is 1220. The maximum Gasteiger partial charge on any atom is 0.246 e. The number of ether oxygens (including phenoxy) is 2. The van der Waals surface area contributed by atoms with Crippen LogP contribution in [-0.4, -0.2) is 59.2 Å². The lowest BCUT2D eigenvalue weighted by Crippen LogP contribution is -2.42. The summed E-state index contributed by atoms with van der Waals surface area (Å²) in [5.41, 5.74) is 2.30. The Labute approximate surface area is 222 Å². The number of rotatable bonds is 10. The molecule has 0 radical (unpaired) electrons. The molecule has 4 rings (SSSR count). The molecule has 1 atom stereocenters. The zero-order valence-electron chi connectivity index (χ0n) is 21.4. The number of nitrogens with one attached hydrogen (secondary N) is 1. The lowest BCUT2D eigenvalue weighted by atomic mass is 10.1. The molecule has 2 heterocycles. The fraction of sp³-hybridized carbons (Fsp3) is 0.393. The Balaban J connectivity index is 1.60. The van der Waals surface area contributed by atoms with Gasteiger partial charge in [-0.3, -0.25) is 19.5 Å². The van der Waals surface area contributed by atoms with E-state index in [-0.39, 0.29) is 30.4 Å². The Kier molecular flexibility index (Phi) is 8.84. The molecule has 0 bridgehead atoms. The number of carbonyl (C=O) groups excluding carboxylic acids is 2. The van der Waals surface area contributed by atoms with Gasteiger partial charge in [0.05, 0.1) is 24.6 Å². The van der Waals surface area contributed by atoms with E-state index >= 15 is 0 Å². The number of halogens is 1. The summed E-state index contributed by atoms with van der Waals surface area (Å²) in [6.07, 6.45) is 4.03. The molecule has 0 unspecified atom stereocenters. The number of aromatic nitrogens is 2.